The average Bonchev–Trinajstić information content (AvgIpc) is 3.39. The van der Waals surface area contributed by atoms with E-state index >= 15 is 0 Å². The fourth-order valence-corrected chi connectivity index (χ4v) is 3.74. The van der Waals surface area contributed by atoms with Gasteiger partial charge in [-0.15, -0.1) is 0 Å². The van der Waals surface area contributed by atoms with Gasteiger partial charge in [0.05, 0.1) is 11.9 Å². The summed E-state index contributed by atoms with van der Waals surface area (Å²) in [4.78, 5) is 37.5. The number of rotatable bonds is 8. The number of benzene rings is 1. The van der Waals surface area contributed by atoms with Crippen molar-refractivity contribution in [1.29, 1.82) is 0 Å². The molecule has 0 saturated heterocycles. The molecule has 3 amide bonds. The van der Waals surface area contributed by atoms with Gasteiger partial charge in [-0.1, -0.05) is 43.2 Å². The Kier molecular flexibility index (Phi) is 8.08. The second-order valence-electron chi connectivity index (χ2n) is 9.35. The van der Waals surface area contributed by atoms with Crippen molar-refractivity contribution in [2.24, 2.45) is 0 Å². The molecule has 3 rings (SSSR count). The number of alkyl carbamates (subject to hydrolysis) is 1. The molecule has 178 valence electrons. The Morgan fingerprint density at radius 3 is 2.52 bits per heavy atom. The minimum Gasteiger partial charge on any atom is -0.444 e. The number of nitrogens with one attached hydrogen (secondary N) is 3. The predicted molar refractivity (Wildman–Crippen MR) is 125 cm³/mol. The van der Waals surface area contributed by atoms with Gasteiger partial charge in [-0.2, -0.15) is 5.10 Å². The van der Waals surface area contributed by atoms with E-state index in [-0.39, 0.29) is 18.5 Å². The molecule has 1 saturated carbocycles. The van der Waals surface area contributed by atoms with Gasteiger partial charge in [-0.05, 0) is 39.2 Å². The third-order valence-electron chi connectivity index (χ3n) is 5.22. The Hall–Kier alpha value is -3.36. The summed E-state index contributed by atoms with van der Waals surface area (Å²) in [6.07, 6.45) is 7.02. The number of ether oxygens (including phenoxy) is 1. The molecule has 3 N–H and O–H groups in total. The van der Waals surface area contributed by atoms with Gasteiger partial charge in [0.15, 0.2) is 0 Å². The van der Waals surface area contributed by atoms with Gasteiger partial charge in [0.25, 0.3) is 0 Å². The summed E-state index contributed by atoms with van der Waals surface area (Å²) in [5.41, 5.74) is 0.656. The van der Waals surface area contributed by atoms with Gasteiger partial charge in [-0.3, -0.25) is 14.3 Å². The van der Waals surface area contributed by atoms with Gasteiger partial charge in [0, 0.05) is 18.7 Å². The lowest BCUT2D eigenvalue weighted by atomic mass is 10.1. The van der Waals surface area contributed by atoms with E-state index in [0.29, 0.717) is 12.1 Å². The molecule has 1 atom stereocenters. The summed E-state index contributed by atoms with van der Waals surface area (Å²) in [5.74, 6) is -0.504. The Morgan fingerprint density at radius 2 is 1.85 bits per heavy atom. The van der Waals surface area contributed by atoms with Crippen LogP contribution >= 0.6 is 0 Å². The van der Waals surface area contributed by atoms with E-state index in [9.17, 15) is 14.4 Å². The Morgan fingerprint density at radius 1 is 1.15 bits per heavy atom. The molecule has 1 aliphatic carbocycles. The Balaban J connectivity index is 1.60. The molecule has 33 heavy (non-hydrogen) atoms. The number of carbonyl (C=O) groups excluding carboxylic acids is 3. The van der Waals surface area contributed by atoms with Crippen molar-refractivity contribution in [2.45, 2.75) is 77.1 Å². The van der Waals surface area contributed by atoms with Crippen LogP contribution in [0.5, 0.6) is 0 Å². The van der Waals surface area contributed by atoms with Crippen molar-refractivity contribution in [3.63, 3.8) is 0 Å². The van der Waals surface area contributed by atoms with Crippen molar-refractivity contribution < 1.29 is 19.1 Å². The van der Waals surface area contributed by atoms with Crippen LogP contribution in [-0.2, 0) is 27.3 Å². The first-order valence-corrected chi connectivity index (χ1v) is 11.3. The molecule has 1 unspecified atom stereocenters. The summed E-state index contributed by atoms with van der Waals surface area (Å²) in [6.45, 7) is 5.36. The smallest absolute Gasteiger partial charge is 0.408 e. The highest BCUT2D eigenvalue weighted by atomic mass is 16.6. The monoisotopic (exact) mass is 455 g/mol. The summed E-state index contributed by atoms with van der Waals surface area (Å²) in [7, 11) is 0. The van der Waals surface area contributed by atoms with Crippen LogP contribution in [-0.4, -0.2) is 45.4 Å². The molecule has 0 spiro atoms. The highest BCUT2D eigenvalue weighted by Crippen LogP contribution is 2.17. The lowest BCUT2D eigenvalue weighted by Crippen LogP contribution is -2.47. The fraction of sp³-hybridized carbons (Fsp3) is 0.500. The van der Waals surface area contributed by atoms with Crippen LogP contribution in [0.3, 0.4) is 0 Å². The number of hydrogen-bond donors (Lipinski definition) is 3. The SMILES string of the molecule is CC(C)(C)OC(=O)NC(Cc1ccccc1)C(=O)Nc1cnn(CC(=O)NC2CCCC2)c1. The second-order valence-corrected chi connectivity index (χ2v) is 9.35. The van der Waals surface area contributed by atoms with E-state index in [1.807, 2.05) is 30.3 Å². The zero-order valence-corrected chi connectivity index (χ0v) is 19.5. The lowest BCUT2D eigenvalue weighted by Gasteiger charge is -2.23. The molecule has 1 heterocycles. The van der Waals surface area contributed by atoms with Crippen molar-refractivity contribution in [3.8, 4) is 0 Å². The average molecular weight is 456 g/mol. The molecule has 0 bridgehead atoms. The highest BCUT2D eigenvalue weighted by molar-refractivity contribution is 5.96. The number of anilines is 1. The molecule has 0 radical (unpaired) electrons. The van der Waals surface area contributed by atoms with Crippen LogP contribution in [0, 0.1) is 0 Å². The number of amides is 3. The van der Waals surface area contributed by atoms with Gasteiger partial charge in [-0.25, -0.2) is 4.79 Å². The molecule has 1 aromatic heterocycles. The van der Waals surface area contributed by atoms with E-state index in [4.69, 9.17) is 4.74 Å². The maximum absolute atomic E-state index is 13.0. The topological polar surface area (TPSA) is 114 Å². The standard InChI is InChI=1S/C24H33N5O4/c1-24(2,3)33-23(32)28-20(13-17-9-5-4-6-10-17)22(31)27-19-14-25-29(15-19)16-21(30)26-18-11-7-8-12-18/h4-6,9-10,14-15,18,20H,7-8,11-13,16H2,1-3H3,(H,26,30)(H,27,31)(H,28,32). The van der Waals surface area contributed by atoms with Crippen LogP contribution in [0.2, 0.25) is 0 Å². The van der Waals surface area contributed by atoms with Gasteiger partial charge in [0.1, 0.15) is 18.2 Å². The zero-order valence-electron chi connectivity index (χ0n) is 19.5. The van der Waals surface area contributed by atoms with Crippen LogP contribution in [0.15, 0.2) is 42.7 Å². The lowest BCUT2D eigenvalue weighted by molar-refractivity contribution is -0.122. The number of hydrogen-bond acceptors (Lipinski definition) is 5. The van der Waals surface area contributed by atoms with E-state index < -0.39 is 23.6 Å². The van der Waals surface area contributed by atoms with Crippen LogP contribution < -0.4 is 16.0 Å². The third-order valence-corrected chi connectivity index (χ3v) is 5.22. The van der Waals surface area contributed by atoms with Crippen molar-refractivity contribution >= 4 is 23.6 Å². The second kappa shape index (κ2) is 11.0. The molecule has 1 fully saturated rings. The minimum absolute atomic E-state index is 0.0793. The van der Waals surface area contributed by atoms with E-state index in [0.717, 1.165) is 31.2 Å². The maximum atomic E-state index is 13.0. The molecule has 0 aliphatic heterocycles. The zero-order chi connectivity index (χ0) is 23.8. The van der Waals surface area contributed by atoms with Gasteiger partial charge >= 0.3 is 6.09 Å². The van der Waals surface area contributed by atoms with Crippen molar-refractivity contribution in [2.75, 3.05) is 5.32 Å². The summed E-state index contributed by atoms with van der Waals surface area (Å²) < 4.78 is 6.80. The molecular formula is C24H33N5O4. The van der Waals surface area contributed by atoms with Crippen molar-refractivity contribution in [3.05, 3.63) is 48.3 Å². The summed E-state index contributed by atoms with van der Waals surface area (Å²) in [6, 6.07) is 8.80. The summed E-state index contributed by atoms with van der Waals surface area (Å²) in [5, 5.41) is 12.6. The normalized spacial score (nSPS) is 15.0. The number of nitrogens with zero attached hydrogens (tertiary/aromatic N) is 2. The van der Waals surface area contributed by atoms with Crippen molar-refractivity contribution in [1.82, 2.24) is 20.4 Å². The van der Waals surface area contributed by atoms with Crippen LogP contribution in [0.25, 0.3) is 0 Å². The number of aromatic nitrogens is 2. The van der Waals surface area contributed by atoms with Gasteiger partial charge in [0.2, 0.25) is 11.8 Å². The molecule has 1 aromatic carbocycles. The van der Waals surface area contributed by atoms with E-state index in [2.05, 4.69) is 21.0 Å². The predicted octanol–water partition coefficient (Wildman–Crippen LogP) is 3.02. The minimum atomic E-state index is -0.851. The first-order chi connectivity index (χ1) is 15.7. The van der Waals surface area contributed by atoms with Gasteiger partial charge < -0.3 is 20.7 Å². The van der Waals surface area contributed by atoms with Crippen LogP contribution in [0.4, 0.5) is 10.5 Å². The fourth-order valence-electron chi connectivity index (χ4n) is 3.74. The molecule has 9 nitrogen and oxygen atoms in total. The largest absolute Gasteiger partial charge is 0.444 e. The Labute approximate surface area is 194 Å². The molecule has 9 heteroatoms. The quantitative estimate of drug-likeness (QED) is 0.566. The Bertz CT molecular complexity index is 945. The molecular weight excluding hydrogens is 422 g/mol. The molecule has 2 aromatic rings. The summed E-state index contributed by atoms with van der Waals surface area (Å²) >= 11 is 0. The first kappa shape index (κ1) is 24.3. The van der Waals surface area contributed by atoms with Crippen LogP contribution in [0.1, 0.15) is 52.0 Å². The third kappa shape index (κ3) is 8.25. The maximum Gasteiger partial charge on any atom is 0.408 e. The highest BCUT2D eigenvalue weighted by Gasteiger charge is 2.25. The first-order valence-electron chi connectivity index (χ1n) is 11.3. The van der Waals surface area contributed by atoms with E-state index in [1.165, 1.54) is 10.9 Å². The molecule has 1 aliphatic rings. The van der Waals surface area contributed by atoms with E-state index in [1.54, 1.807) is 27.0 Å². The number of carbonyl (C=O) groups is 3.